The molecular weight excluding hydrogens is 312 g/mol. The molecule has 1 aliphatic heterocycles. The van der Waals surface area contributed by atoms with Crippen LogP contribution in [0.1, 0.15) is 43.7 Å². The van der Waals surface area contributed by atoms with Crippen molar-refractivity contribution in [2.45, 2.75) is 52.0 Å². The Morgan fingerprint density at radius 2 is 2.12 bits per heavy atom. The molecule has 1 aliphatic rings. The fraction of sp³-hybridized carbons (Fsp3) is 0.450. The first-order valence-electron chi connectivity index (χ1n) is 9.11. The fourth-order valence-electron chi connectivity index (χ4n) is 3.47. The molecule has 1 N–H and O–H groups in total. The Bertz CT molecular complexity index is 714. The topological polar surface area (TPSA) is 58.1 Å². The Morgan fingerprint density at radius 3 is 2.84 bits per heavy atom. The quantitative estimate of drug-likeness (QED) is 0.902. The number of rotatable bonds is 5. The first-order chi connectivity index (χ1) is 12.2. The van der Waals surface area contributed by atoms with E-state index in [2.05, 4.69) is 27.3 Å². The summed E-state index contributed by atoms with van der Waals surface area (Å²) in [6, 6.07) is 12.3. The summed E-state index contributed by atoms with van der Waals surface area (Å²) in [6.07, 6.45) is 5.17. The minimum absolute atomic E-state index is 0.0722. The number of anilines is 2. The minimum atomic E-state index is -0.0722. The van der Waals surface area contributed by atoms with Crippen molar-refractivity contribution in [2.75, 3.05) is 16.8 Å². The van der Waals surface area contributed by atoms with Gasteiger partial charge in [0, 0.05) is 12.6 Å². The molecule has 3 rings (SSSR count). The molecule has 1 unspecified atom stereocenters. The van der Waals surface area contributed by atoms with Gasteiger partial charge >= 0.3 is 0 Å². The highest BCUT2D eigenvalue weighted by Gasteiger charge is 2.22. The molecule has 1 aromatic carbocycles. The van der Waals surface area contributed by atoms with Crippen molar-refractivity contribution in [3.8, 4) is 0 Å². The number of aryl methyl sites for hydroxylation is 1. The van der Waals surface area contributed by atoms with Crippen molar-refractivity contribution in [1.29, 1.82) is 0 Å². The van der Waals surface area contributed by atoms with E-state index in [4.69, 9.17) is 0 Å². The normalized spacial score (nSPS) is 17.4. The standard InChI is InChI=1S/C20H26N4O/c1-3-17-9-4-5-12-24(17)19-11-10-18(22-23-19)21-20(25)14-16-8-6-7-15(2)13-16/h6-8,10-11,13,17H,3-5,9,12,14H2,1-2H3,(H,21,22,25). The smallest absolute Gasteiger partial charge is 0.229 e. The summed E-state index contributed by atoms with van der Waals surface area (Å²) < 4.78 is 0. The summed E-state index contributed by atoms with van der Waals surface area (Å²) in [4.78, 5) is 14.5. The average molecular weight is 338 g/mol. The van der Waals surface area contributed by atoms with Gasteiger partial charge in [0.2, 0.25) is 5.91 Å². The molecule has 2 heterocycles. The number of hydrogen-bond acceptors (Lipinski definition) is 4. The highest BCUT2D eigenvalue weighted by atomic mass is 16.1. The Kier molecular flexibility index (Phi) is 5.64. The lowest BCUT2D eigenvalue weighted by Crippen LogP contribution is -2.39. The summed E-state index contributed by atoms with van der Waals surface area (Å²) in [7, 11) is 0. The number of amides is 1. The van der Waals surface area contributed by atoms with Crippen LogP contribution >= 0.6 is 0 Å². The summed E-state index contributed by atoms with van der Waals surface area (Å²) in [5.74, 6) is 1.34. The van der Waals surface area contributed by atoms with E-state index in [1.807, 2.05) is 43.3 Å². The van der Waals surface area contributed by atoms with Gasteiger partial charge in [0.05, 0.1) is 6.42 Å². The molecule has 25 heavy (non-hydrogen) atoms. The lowest BCUT2D eigenvalue weighted by atomic mass is 10.0. The van der Waals surface area contributed by atoms with Gasteiger partial charge in [-0.2, -0.15) is 0 Å². The Balaban J connectivity index is 1.61. The van der Waals surface area contributed by atoms with E-state index in [0.717, 1.165) is 29.9 Å². The number of aromatic nitrogens is 2. The van der Waals surface area contributed by atoms with Gasteiger partial charge in [-0.05, 0) is 50.3 Å². The first-order valence-corrected chi connectivity index (χ1v) is 9.11. The van der Waals surface area contributed by atoms with Gasteiger partial charge in [-0.25, -0.2) is 0 Å². The fourth-order valence-corrected chi connectivity index (χ4v) is 3.47. The van der Waals surface area contributed by atoms with E-state index in [-0.39, 0.29) is 5.91 Å². The zero-order chi connectivity index (χ0) is 17.6. The van der Waals surface area contributed by atoms with Crippen LogP contribution in [-0.2, 0) is 11.2 Å². The van der Waals surface area contributed by atoms with E-state index in [1.54, 1.807) is 0 Å². The van der Waals surface area contributed by atoms with E-state index < -0.39 is 0 Å². The first kappa shape index (κ1) is 17.4. The molecule has 132 valence electrons. The minimum Gasteiger partial charge on any atom is -0.352 e. The molecule has 0 spiro atoms. The molecule has 5 heteroatoms. The summed E-state index contributed by atoms with van der Waals surface area (Å²) >= 11 is 0. The SMILES string of the molecule is CCC1CCCCN1c1ccc(NC(=O)Cc2cccc(C)c2)nn1. The highest BCUT2D eigenvalue weighted by Crippen LogP contribution is 2.24. The van der Waals surface area contributed by atoms with Crippen molar-refractivity contribution >= 4 is 17.5 Å². The second-order valence-electron chi connectivity index (χ2n) is 6.74. The van der Waals surface area contributed by atoms with Gasteiger partial charge in [-0.1, -0.05) is 36.8 Å². The van der Waals surface area contributed by atoms with E-state index in [0.29, 0.717) is 18.3 Å². The maximum atomic E-state index is 12.2. The van der Waals surface area contributed by atoms with Crippen LogP contribution in [0.25, 0.3) is 0 Å². The summed E-state index contributed by atoms with van der Waals surface area (Å²) in [5.41, 5.74) is 2.16. The van der Waals surface area contributed by atoms with Crippen LogP contribution in [0.4, 0.5) is 11.6 Å². The van der Waals surface area contributed by atoms with Crippen molar-refractivity contribution in [1.82, 2.24) is 10.2 Å². The number of nitrogens with one attached hydrogen (secondary N) is 1. The van der Waals surface area contributed by atoms with Crippen LogP contribution in [-0.4, -0.2) is 28.7 Å². The maximum absolute atomic E-state index is 12.2. The Morgan fingerprint density at radius 1 is 1.24 bits per heavy atom. The lowest BCUT2D eigenvalue weighted by Gasteiger charge is -2.35. The van der Waals surface area contributed by atoms with Gasteiger partial charge in [0.15, 0.2) is 11.6 Å². The molecule has 1 aromatic heterocycles. The van der Waals surface area contributed by atoms with Gasteiger partial charge in [0.25, 0.3) is 0 Å². The van der Waals surface area contributed by atoms with Gasteiger partial charge in [0.1, 0.15) is 0 Å². The molecule has 0 bridgehead atoms. The van der Waals surface area contributed by atoms with Crippen LogP contribution in [0.15, 0.2) is 36.4 Å². The zero-order valence-electron chi connectivity index (χ0n) is 15.0. The lowest BCUT2D eigenvalue weighted by molar-refractivity contribution is -0.115. The molecule has 1 amide bonds. The van der Waals surface area contributed by atoms with Crippen LogP contribution < -0.4 is 10.2 Å². The third kappa shape index (κ3) is 4.56. The molecule has 1 fully saturated rings. The number of piperidine rings is 1. The predicted octanol–water partition coefficient (Wildman–Crippen LogP) is 3.74. The number of hydrogen-bond donors (Lipinski definition) is 1. The van der Waals surface area contributed by atoms with E-state index >= 15 is 0 Å². The highest BCUT2D eigenvalue weighted by molar-refractivity contribution is 5.91. The molecular formula is C20H26N4O. The largest absolute Gasteiger partial charge is 0.352 e. The second kappa shape index (κ2) is 8.10. The maximum Gasteiger partial charge on any atom is 0.229 e. The number of carbonyl (C=O) groups is 1. The average Bonchev–Trinajstić information content (AvgIpc) is 2.62. The van der Waals surface area contributed by atoms with Gasteiger partial charge in [-0.15, -0.1) is 10.2 Å². The number of benzene rings is 1. The monoisotopic (exact) mass is 338 g/mol. The summed E-state index contributed by atoms with van der Waals surface area (Å²) in [6.45, 7) is 5.28. The molecule has 5 nitrogen and oxygen atoms in total. The van der Waals surface area contributed by atoms with Crippen LogP contribution in [0.2, 0.25) is 0 Å². The van der Waals surface area contributed by atoms with Gasteiger partial charge in [-0.3, -0.25) is 4.79 Å². The number of carbonyl (C=O) groups excluding carboxylic acids is 1. The molecule has 2 aromatic rings. The zero-order valence-corrected chi connectivity index (χ0v) is 15.0. The van der Waals surface area contributed by atoms with Crippen LogP contribution in [0.3, 0.4) is 0 Å². The van der Waals surface area contributed by atoms with Gasteiger partial charge < -0.3 is 10.2 Å². The third-order valence-corrected chi connectivity index (χ3v) is 4.76. The van der Waals surface area contributed by atoms with Crippen molar-refractivity contribution in [2.24, 2.45) is 0 Å². The Labute approximate surface area is 149 Å². The van der Waals surface area contributed by atoms with E-state index in [9.17, 15) is 4.79 Å². The predicted molar refractivity (Wildman–Crippen MR) is 101 cm³/mol. The second-order valence-corrected chi connectivity index (χ2v) is 6.74. The number of nitrogens with zero attached hydrogens (tertiary/aromatic N) is 3. The third-order valence-electron chi connectivity index (χ3n) is 4.76. The molecule has 0 saturated carbocycles. The van der Waals surface area contributed by atoms with Crippen LogP contribution in [0.5, 0.6) is 0 Å². The molecule has 0 radical (unpaired) electrons. The summed E-state index contributed by atoms with van der Waals surface area (Å²) in [5, 5.41) is 11.4. The van der Waals surface area contributed by atoms with Crippen molar-refractivity contribution < 1.29 is 4.79 Å². The van der Waals surface area contributed by atoms with Crippen LogP contribution in [0, 0.1) is 6.92 Å². The molecule has 0 aliphatic carbocycles. The molecule has 1 saturated heterocycles. The molecule has 1 atom stereocenters. The van der Waals surface area contributed by atoms with Crippen molar-refractivity contribution in [3.05, 3.63) is 47.5 Å². The van der Waals surface area contributed by atoms with Crippen molar-refractivity contribution in [3.63, 3.8) is 0 Å². The van der Waals surface area contributed by atoms with E-state index in [1.165, 1.54) is 19.3 Å². The Hall–Kier alpha value is -2.43.